The van der Waals surface area contributed by atoms with Gasteiger partial charge >= 0.3 is 0 Å². The minimum atomic E-state index is -1.41. The van der Waals surface area contributed by atoms with Gasteiger partial charge in [0.2, 0.25) is 0 Å². The first kappa shape index (κ1) is 12.1. The van der Waals surface area contributed by atoms with Crippen LogP contribution in [-0.2, 0) is 9.53 Å². The lowest BCUT2D eigenvalue weighted by Crippen LogP contribution is -2.33. The first-order valence-electron chi connectivity index (χ1n) is 5.93. The molecule has 2 saturated heterocycles. The van der Waals surface area contributed by atoms with E-state index in [1.54, 1.807) is 4.90 Å². The van der Waals surface area contributed by atoms with Gasteiger partial charge in [-0.3, -0.25) is 4.79 Å². The van der Waals surface area contributed by atoms with Crippen LogP contribution < -0.4 is 0 Å². The number of fused-ring (bicyclic) bond motifs is 1. The van der Waals surface area contributed by atoms with E-state index in [0.29, 0.717) is 11.9 Å². The van der Waals surface area contributed by atoms with Crippen molar-refractivity contribution in [2.75, 3.05) is 11.9 Å². The van der Waals surface area contributed by atoms with Crippen LogP contribution in [0.25, 0.3) is 0 Å². The van der Waals surface area contributed by atoms with Crippen molar-refractivity contribution in [2.24, 2.45) is 5.92 Å². The third-order valence-electron chi connectivity index (χ3n) is 3.66. The Labute approximate surface area is 113 Å². The summed E-state index contributed by atoms with van der Waals surface area (Å²) in [5.74, 6) is -0.762. The second-order valence-corrected chi connectivity index (χ2v) is 5.28. The Kier molecular flexibility index (Phi) is 3.11. The lowest BCUT2D eigenvalue weighted by Gasteiger charge is -2.22. The molecule has 18 heavy (non-hydrogen) atoms. The third kappa shape index (κ3) is 1.68. The number of hydrogen-bond donors (Lipinski definition) is 0. The molecule has 0 aliphatic carbocycles. The second kappa shape index (κ2) is 4.63. The quantitative estimate of drug-likeness (QED) is 0.784. The van der Waals surface area contributed by atoms with Crippen LogP contribution in [0.4, 0.5) is 4.39 Å². The van der Waals surface area contributed by atoms with Crippen molar-refractivity contribution in [1.82, 2.24) is 4.90 Å². The van der Waals surface area contributed by atoms with Crippen molar-refractivity contribution < 1.29 is 13.9 Å². The highest BCUT2D eigenvalue weighted by atomic mass is 79.9. The summed E-state index contributed by atoms with van der Waals surface area (Å²) in [6.07, 6.45) is -1.85. The van der Waals surface area contributed by atoms with Crippen molar-refractivity contribution in [1.29, 1.82) is 0 Å². The summed E-state index contributed by atoms with van der Waals surface area (Å²) in [6, 6.07) is 9.32. The van der Waals surface area contributed by atoms with Crippen LogP contribution in [0, 0.1) is 5.92 Å². The molecule has 2 fully saturated rings. The summed E-state index contributed by atoms with van der Waals surface area (Å²) in [7, 11) is 0. The minimum absolute atomic E-state index is 0.155. The molecule has 1 amide bonds. The largest absolute Gasteiger partial charge is 0.352 e. The maximum atomic E-state index is 13.9. The third-order valence-corrected chi connectivity index (χ3v) is 4.41. The highest BCUT2D eigenvalue weighted by Gasteiger charge is 2.54. The van der Waals surface area contributed by atoms with Gasteiger partial charge in [0.25, 0.3) is 5.91 Å². The zero-order valence-electron chi connectivity index (χ0n) is 9.63. The van der Waals surface area contributed by atoms with Gasteiger partial charge in [0, 0.05) is 16.8 Å². The van der Waals surface area contributed by atoms with Gasteiger partial charge in [0.1, 0.15) is 0 Å². The molecule has 3 rings (SSSR count). The number of benzene rings is 1. The normalized spacial score (nSPS) is 35.0. The van der Waals surface area contributed by atoms with E-state index >= 15 is 0 Å². The maximum Gasteiger partial charge on any atom is 0.260 e. The number of halogens is 2. The predicted molar refractivity (Wildman–Crippen MR) is 67.9 cm³/mol. The summed E-state index contributed by atoms with van der Waals surface area (Å²) in [5, 5.41) is 0.478. The molecule has 1 aromatic rings. The molecule has 3 nitrogen and oxygen atoms in total. The summed E-state index contributed by atoms with van der Waals surface area (Å²) in [6.45, 7) is 0.405. The van der Waals surface area contributed by atoms with Gasteiger partial charge in [0.05, 0.1) is 12.6 Å². The fourth-order valence-electron chi connectivity index (χ4n) is 2.71. The Morgan fingerprint density at radius 3 is 2.78 bits per heavy atom. The van der Waals surface area contributed by atoms with Crippen LogP contribution in [0.3, 0.4) is 0 Å². The van der Waals surface area contributed by atoms with Gasteiger partial charge in [-0.15, -0.1) is 0 Å². The summed E-state index contributed by atoms with van der Waals surface area (Å²) >= 11 is 3.28. The van der Waals surface area contributed by atoms with Gasteiger partial charge < -0.3 is 9.64 Å². The van der Waals surface area contributed by atoms with Crippen molar-refractivity contribution in [3.05, 3.63) is 35.9 Å². The lowest BCUT2D eigenvalue weighted by molar-refractivity contribution is -0.138. The molecule has 96 valence electrons. The van der Waals surface area contributed by atoms with Crippen molar-refractivity contribution in [3.63, 3.8) is 0 Å². The lowest BCUT2D eigenvalue weighted by atomic mass is 10.0. The fourth-order valence-corrected chi connectivity index (χ4v) is 3.47. The van der Waals surface area contributed by atoms with E-state index in [2.05, 4.69) is 15.9 Å². The van der Waals surface area contributed by atoms with Crippen LogP contribution in [0.1, 0.15) is 11.8 Å². The zero-order chi connectivity index (χ0) is 12.7. The average Bonchev–Trinajstić information content (AvgIpc) is 2.92. The van der Waals surface area contributed by atoms with E-state index in [4.69, 9.17) is 4.74 Å². The summed E-state index contributed by atoms with van der Waals surface area (Å²) < 4.78 is 19.6. The van der Waals surface area contributed by atoms with Crippen LogP contribution in [-0.4, -0.2) is 35.0 Å². The Balaban J connectivity index is 1.91. The number of carbonyl (C=O) groups is 1. The molecule has 4 atom stereocenters. The molecule has 0 saturated carbocycles. The van der Waals surface area contributed by atoms with Crippen LogP contribution in [0.5, 0.6) is 0 Å². The predicted octanol–water partition coefficient (Wildman–Crippen LogP) is 2.28. The molecular weight excluding hydrogens is 301 g/mol. The average molecular weight is 314 g/mol. The Morgan fingerprint density at radius 2 is 2.11 bits per heavy atom. The van der Waals surface area contributed by atoms with Crippen molar-refractivity contribution in [3.8, 4) is 0 Å². The molecule has 0 N–H and O–H groups in total. The van der Waals surface area contributed by atoms with E-state index in [-0.39, 0.29) is 12.0 Å². The zero-order valence-corrected chi connectivity index (χ0v) is 11.2. The standard InChI is InChI=1S/C13H13BrFNO2/c14-6-9-10-7-18-13(8-4-2-1-3-5-8)16(10)12(17)11(9)15/h1-5,9-11,13H,6-7H2. The topological polar surface area (TPSA) is 29.5 Å². The molecule has 0 aromatic heterocycles. The van der Waals surface area contributed by atoms with Gasteiger partial charge in [-0.05, 0) is 0 Å². The maximum absolute atomic E-state index is 13.9. The Morgan fingerprint density at radius 1 is 1.39 bits per heavy atom. The second-order valence-electron chi connectivity index (χ2n) is 4.63. The fraction of sp³-hybridized carbons (Fsp3) is 0.462. The molecule has 5 heteroatoms. The van der Waals surface area contributed by atoms with E-state index in [1.807, 2.05) is 30.3 Å². The number of rotatable bonds is 2. The number of nitrogens with zero attached hydrogens (tertiary/aromatic N) is 1. The number of hydrogen-bond acceptors (Lipinski definition) is 2. The van der Waals surface area contributed by atoms with E-state index < -0.39 is 18.3 Å². The first-order chi connectivity index (χ1) is 8.74. The molecule has 2 aliphatic rings. The number of carbonyl (C=O) groups excluding carboxylic acids is 1. The molecule has 2 heterocycles. The van der Waals surface area contributed by atoms with Gasteiger partial charge in [-0.1, -0.05) is 46.3 Å². The van der Waals surface area contributed by atoms with Gasteiger partial charge in [0.15, 0.2) is 12.4 Å². The van der Waals surface area contributed by atoms with E-state index in [1.165, 1.54) is 0 Å². The molecule has 0 spiro atoms. The Bertz CT molecular complexity index is 456. The Hall–Kier alpha value is -0.940. The van der Waals surface area contributed by atoms with Crippen LogP contribution >= 0.6 is 15.9 Å². The number of alkyl halides is 2. The summed E-state index contributed by atoms with van der Waals surface area (Å²) in [4.78, 5) is 13.6. The smallest absolute Gasteiger partial charge is 0.260 e. The van der Waals surface area contributed by atoms with Crippen LogP contribution in [0.2, 0.25) is 0 Å². The van der Waals surface area contributed by atoms with Crippen molar-refractivity contribution >= 4 is 21.8 Å². The SMILES string of the molecule is O=C1C(F)C(CBr)C2COC(c3ccccc3)N12. The minimum Gasteiger partial charge on any atom is -0.352 e. The molecular formula is C13H13BrFNO2. The molecule has 1 aromatic carbocycles. The highest BCUT2D eigenvalue weighted by Crippen LogP contribution is 2.41. The highest BCUT2D eigenvalue weighted by molar-refractivity contribution is 9.09. The molecule has 2 aliphatic heterocycles. The van der Waals surface area contributed by atoms with E-state index in [9.17, 15) is 9.18 Å². The molecule has 4 unspecified atom stereocenters. The first-order valence-corrected chi connectivity index (χ1v) is 7.05. The van der Waals surface area contributed by atoms with Crippen LogP contribution in [0.15, 0.2) is 30.3 Å². The molecule has 0 bridgehead atoms. The van der Waals surface area contributed by atoms with Crippen molar-refractivity contribution in [2.45, 2.75) is 18.4 Å². The summed E-state index contributed by atoms with van der Waals surface area (Å²) in [5.41, 5.74) is 0.899. The van der Waals surface area contributed by atoms with Gasteiger partial charge in [-0.2, -0.15) is 0 Å². The number of ether oxygens (including phenoxy) is 1. The monoisotopic (exact) mass is 313 g/mol. The van der Waals surface area contributed by atoms with E-state index in [0.717, 1.165) is 5.56 Å². The molecule has 0 radical (unpaired) electrons. The van der Waals surface area contributed by atoms with Gasteiger partial charge in [-0.25, -0.2) is 4.39 Å². The number of amides is 1.